The van der Waals surface area contributed by atoms with Crippen molar-refractivity contribution in [2.75, 3.05) is 45.3 Å². The van der Waals surface area contributed by atoms with Crippen LogP contribution in [0.4, 0.5) is 0 Å². The lowest BCUT2D eigenvalue weighted by Gasteiger charge is -2.40. The second-order valence-electron chi connectivity index (χ2n) is 12.5. The van der Waals surface area contributed by atoms with E-state index >= 15 is 0 Å². The Morgan fingerprint density at radius 3 is 2.00 bits per heavy atom. The Bertz CT molecular complexity index is 665. The molecule has 38 heavy (non-hydrogen) atoms. The molecule has 6 nitrogen and oxygen atoms in total. The molecule has 7 heteroatoms. The van der Waals surface area contributed by atoms with Crippen LogP contribution >= 0.6 is 0 Å². The molecule has 0 spiro atoms. The van der Waals surface area contributed by atoms with Crippen molar-refractivity contribution >= 4 is 10.1 Å². The predicted octanol–water partition coefficient (Wildman–Crippen LogP) is 7.91. The first kappa shape index (κ1) is 34.0. The zero-order valence-electron chi connectivity index (χ0n) is 24.9. The highest BCUT2D eigenvalue weighted by Crippen LogP contribution is 2.26. The summed E-state index contributed by atoms with van der Waals surface area (Å²) in [5, 5.41) is 0. The number of rotatable bonds is 24. The summed E-state index contributed by atoms with van der Waals surface area (Å²) in [6.45, 7) is 7.33. The molecule has 2 unspecified atom stereocenters. The molecule has 2 atom stereocenters. The van der Waals surface area contributed by atoms with E-state index in [2.05, 4.69) is 6.92 Å². The Balaban J connectivity index is 1.37. The zero-order valence-corrected chi connectivity index (χ0v) is 25.7. The molecule has 2 aliphatic rings. The van der Waals surface area contributed by atoms with Crippen LogP contribution in [0.3, 0.4) is 0 Å². The number of nitrogens with zero attached hydrogens (tertiary/aromatic N) is 1. The van der Waals surface area contributed by atoms with Crippen molar-refractivity contribution in [2.45, 2.75) is 148 Å². The second-order valence-corrected chi connectivity index (χ2v) is 13.9. The minimum absolute atomic E-state index is 0.113. The van der Waals surface area contributed by atoms with E-state index in [4.69, 9.17) is 9.47 Å². The standard InChI is InChI=1S/C31H61NO5S/c1-2-3-4-5-6-7-8-9-10-11-12-16-21-30-26-31(37-27-30)28-36-25-20-14-13-17-22-32(29-38(33,34)35)23-18-15-19-24-32/h30-31H,2-29H2,1H3/p+1. The fourth-order valence-electron chi connectivity index (χ4n) is 6.54. The zero-order chi connectivity index (χ0) is 27.4. The van der Waals surface area contributed by atoms with Crippen molar-refractivity contribution in [2.24, 2.45) is 5.92 Å². The van der Waals surface area contributed by atoms with E-state index in [9.17, 15) is 13.0 Å². The number of ether oxygens (including phenoxy) is 2. The number of hydrogen-bond donors (Lipinski definition) is 1. The Hall–Kier alpha value is -0.210. The number of likely N-dealkylation sites (tertiary alicyclic amines) is 1. The summed E-state index contributed by atoms with van der Waals surface area (Å²) >= 11 is 0. The summed E-state index contributed by atoms with van der Waals surface area (Å²) in [5.74, 6) is 0.609. The smallest absolute Gasteiger partial charge is 0.316 e. The van der Waals surface area contributed by atoms with Gasteiger partial charge in [0.1, 0.15) is 0 Å². The van der Waals surface area contributed by atoms with Gasteiger partial charge in [0.05, 0.1) is 32.3 Å². The van der Waals surface area contributed by atoms with Gasteiger partial charge in [-0.1, -0.05) is 90.4 Å². The van der Waals surface area contributed by atoms with Crippen molar-refractivity contribution in [3.63, 3.8) is 0 Å². The molecule has 0 aliphatic carbocycles. The van der Waals surface area contributed by atoms with Crippen LogP contribution in [-0.2, 0) is 19.6 Å². The van der Waals surface area contributed by atoms with Gasteiger partial charge in [0.15, 0.2) is 0 Å². The van der Waals surface area contributed by atoms with Crippen LogP contribution in [0.2, 0.25) is 0 Å². The van der Waals surface area contributed by atoms with Crippen LogP contribution in [0.25, 0.3) is 0 Å². The van der Waals surface area contributed by atoms with Crippen molar-refractivity contribution in [3.8, 4) is 0 Å². The first-order valence-electron chi connectivity index (χ1n) is 16.4. The SMILES string of the molecule is CCCCCCCCCCCCCCC1COC(COCCCCCC[N+]2(CS(=O)(=O)O)CCCCC2)C1. The third-order valence-corrected chi connectivity index (χ3v) is 9.68. The Labute approximate surface area is 236 Å². The fraction of sp³-hybridized carbons (Fsp3) is 1.00. The summed E-state index contributed by atoms with van der Waals surface area (Å²) in [6.07, 6.45) is 27.2. The molecule has 2 fully saturated rings. The van der Waals surface area contributed by atoms with Crippen molar-refractivity contribution in [1.29, 1.82) is 0 Å². The Morgan fingerprint density at radius 1 is 0.789 bits per heavy atom. The van der Waals surface area contributed by atoms with Gasteiger partial charge in [-0.3, -0.25) is 4.55 Å². The molecule has 0 aromatic rings. The molecule has 0 amide bonds. The average molecular weight is 561 g/mol. The first-order valence-corrected chi connectivity index (χ1v) is 18.0. The van der Waals surface area contributed by atoms with Gasteiger partial charge >= 0.3 is 10.1 Å². The maximum atomic E-state index is 11.5. The summed E-state index contributed by atoms with van der Waals surface area (Å²) in [7, 11) is -3.92. The monoisotopic (exact) mass is 560 g/mol. The molecule has 0 bridgehead atoms. The van der Waals surface area contributed by atoms with E-state index in [1.54, 1.807) is 0 Å². The van der Waals surface area contributed by atoms with Crippen LogP contribution in [0.15, 0.2) is 0 Å². The lowest BCUT2D eigenvalue weighted by molar-refractivity contribution is -0.922. The van der Waals surface area contributed by atoms with Gasteiger partial charge in [0.25, 0.3) is 0 Å². The van der Waals surface area contributed by atoms with Crippen LogP contribution in [0, 0.1) is 5.92 Å². The minimum Gasteiger partial charge on any atom is -0.379 e. The Kier molecular flexibility index (Phi) is 18.5. The van der Waals surface area contributed by atoms with Crippen molar-refractivity contribution in [1.82, 2.24) is 0 Å². The predicted molar refractivity (Wildman–Crippen MR) is 158 cm³/mol. The lowest BCUT2D eigenvalue weighted by atomic mass is 9.97. The van der Waals surface area contributed by atoms with Crippen LogP contribution in [-0.4, -0.2) is 68.9 Å². The molecule has 2 rings (SSSR count). The number of hydrogen-bond acceptors (Lipinski definition) is 4. The van der Waals surface area contributed by atoms with Gasteiger partial charge in [-0.2, -0.15) is 8.42 Å². The molecular weight excluding hydrogens is 498 g/mol. The molecule has 2 saturated heterocycles. The maximum absolute atomic E-state index is 11.5. The third-order valence-electron chi connectivity index (χ3n) is 8.81. The molecule has 0 aromatic heterocycles. The van der Waals surface area contributed by atoms with E-state index < -0.39 is 10.1 Å². The van der Waals surface area contributed by atoms with Gasteiger partial charge in [0, 0.05) is 13.2 Å². The molecule has 0 radical (unpaired) electrons. The largest absolute Gasteiger partial charge is 0.379 e. The molecular formula is C31H62NO5S+. The third kappa shape index (κ3) is 16.8. The van der Waals surface area contributed by atoms with Gasteiger partial charge in [-0.15, -0.1) is 0 Å². The molecule has 2 aliphatic heterocycles. The average Bonchev–Trinajstić information content (AvgIpc) is 3.33. The van der Waals surface area contributed by atoms with Crippen molar-refractivity contribution in [3.05, 3.63) is 0 Å². The summed E-state index contributed by atoms with van der Waals surface area (Å²) < 4.78 is 44.9. The quantitative estimate of drug-likeness (QED) is 0.0738. The second kappa shape index (κ2) is 20.6. The highest BCUT2D eigenvalue weighted by molar-refractivity contribution is 7.85. The van der Waals surface area contributed by atoms with Crippen LogP contribution in [0.5, 0.6) is 0 Å². The van der Waals surface area contributed by atoms with Gasteiger partial charge in [-0.05, 0) is 57.3 Å². The van der Waals surface area contributed by atoms with E-state index in [0.29, 0.717) is 4.48 Å². The molecule has 2 heterocycles. The minimum atomic E-state index is -3.92. The number of piperidine rings is 1. The molecule has 226 valence electrons. The van der Waals surface area contributed by atoms with Crippen LogP contribution < -0.4 is 0 Å². The lowest BCUT2D eigenvalue weighted by Crippen LogP contribution is -2.54. The van der Waals surface area contributed by atoms with Crippen molar-refractivity contribution < 1.29 is 26.9 Å². The van der Waals surface area contributed by atoms with Crippen LogP contribution in [0.1, 0.15) is 142 Å². The molecule has 0 saturated carbocycles. The molecule has 1 N–H and O–H groups in total. The van der Waals surface area contributed by atoms with E-state index in [1.165, 1.54) is 89.9 Å². The highest BCUT2D eigenvalue weighted by Gasteiger charge is 2.34. The number of quaternary nitrogens is 1. The van der Waals surface area contributed by atoms with E-state index in [-0.39, 0.29) is 12.0 Å². The number of unbranched alkanes of at least 4 members (excludes halogenated alkanes) is 14. The van der Waals surface area contributed by atoms with Gasteiger partial charge in [-0.25, -0.2) is 0 Å². The fourth-order valence-corrected chi connectivity index (χ4v) is 7.62. The molecule has 0 aromatic carbocycles. The summed E-state index contributed by atoms with van der Waals surface area (Å²) in [5.41, 5.74) is 0. The maximum Gasteiger partial charge on any atom is 0.316 e. The normalized spacial score (nSPS) is 21.7. The first-order chi connectivity index (χ1) is 18.4. The van der Waals surface area contributed by atoms with E-state index in [1.807, 2.05) is 0 Å². The summed E-state index contributed by atoms with van der Waals surface area (Å²) in [6, 6.07) is 0. The highest BCUT2D eigenvalue weighted by atomic mass is 32.2. The Morgan fingerprint density at radius 2 is 1.37 bits per heavy atom. The topological polar surface area (TPSA) is 72.8 Å². The van der Waals surface area contributed by atoms with E-state index in [0.717, 1.165) is 90.3 Å². The summed E-state index contributed by atoms with van der Waals surface area (Å²) in [4.78, 5) is 0. The van der Waals surface area contributed by atoms with Gasteiger partial charge in [0.2, 0.25) is 5.88 Å². The van der Waals surface area contributed by atoms with Gasteiger partial charge < -0.3 is 14.0 Å².